The number of nitrogens with two attached hydrogens (primary N) is 8. The number of carbonyl (C=O) groups is 11. The van der Waals surface area contributed by atoms with Gasteiger partial charge in [0.2, 0.25) is 65.0 Å². The molecular weight excluding hydrogens is 1280 g/mol. The fraction of sp³-hybridized carbons (Fsp3) is 0.574. The van der Waals surface area contributed by atoms with Crippen LogP contribution in [0.5, 0.6) is 5.75 Å². The predicted molar refractivity (Wildman–Crippen MR) is 366 cm³/mol. The van der Waals surface area contributed by atoms with Gasteiger partial charge in [-0.25, -0.2) is 0 Å². The lowest BCUT2D eigenvalue weighted by Crippen LogP contribution is -2.63. The third-order valence-corrected chi connectivity index (χ3v) is 20.1. The number of nitrogens with zero attached hydrogens (tertiary/aromatic N) is 4. The topological polar surface area (TPSA) is 565 Å². The molecule has 33 nitrogen and oxygen atoms in total. The van der Waals surface area contributed by atoms with Crippen LogP contribution in [0.15, 0.2) is 69.6 Å². The SMILES string of the molecule is CC[C@H](C)[C@@H]1NC(=O)[C@H](CCCN=C(N)N)NC(=O)[C@H](CCCN=C(N)N)NC(=O)[C@H](NC(=O)[C@H](Cc2ccccc2)NC(=O)CNC(=O)CNC(=O)[C@@H](N)Cc2ccc(O)cc2)C(C)(C)SSC(C)(C)[C@@H](C(N)=O)NC(=O)[C@@H]2CCCN2C(=O)[C@H](CCCN=C(N)N)NC1=O. The predicted octanol–water partition coefficient (Wildman–Crippen LogP) is -4.23. The van der Waals surface area contributed by atoms with Crippen LogP contribution in [0.1, 0.15) is 110 Å². The highest BCUT2D eigenvalue weighted by Crippen LogP contribution is 2.47. The smallest absolute Gasteiger partial charge is 0.245 e. The van der Waals surface area contributed by atoms with Gasteiger partial charge < -0.3 is 104 Å². The van der Waals surface area contributed by atoms with Gasteiger partial charge >= 0.3 is 0 Å². The number of aliphatic imine (C=N–C) groups is 3. The number of fused-ring (bicyclic) bond motifs is 1. The molecule has 0 radical (unpaired) electrons. The van der Waals surface area contributed by atoms with Gasteiger partial charge in [0.25, 0.3) is 0 Å². The average Bonchev–Trinajstić information content (AvgIpc) is 1.20. The molecule has 2 aromatic carbocycles. The quantitative estimate of drug-likeness (QED) is 0.0174. The van der Waals surface area contributed by atoms with Crippen molar-refractivity contribution in [2.75, 3.05) is 39.3 Å². The first-order chi connectivity index (χ1) is 45.2. The van der Waals surface area contributed by atoms with Gasteiger partial charge in [0, 0.05) is 42.1 Å². The number of benzene rings is 2. The second-order valence-electron chi connectivity index (χ2n) is 24.5. The lowest BCUT2D eigenvalue weighted by molar-refractivity contribution is -0.143. The Morgan fingerprint density at radius 2 is 1.14 bits per heavy atom. The summed E-state index contributed by atoms with van der Waals surface area (Å²) in [5.74, 6) is -10.4. The Labute approximate surface area is 566 Å². The summed E-state index contributed by atoms with van der Waals surface area (Å²) in [7, 11) is 1.99. The highest BCUT2D eigenvalue weighted by Gasteiger charge is 2.46. The Morgan fingerprint density at radius 1 is 0.625 bits per heavy atom. The van der Waals surface area contributed by atoms with Crippen LogP contribution < -0.4 is 93.7 Å². The molecule has 2 heterocycles. The molecule has 2 saturated heterocycles. The molecule has 0 bridgehead atoms. The van der Waals surface area contributed by atoms with Crippen LogP contribution in [-0.4, -0.2) is 196 Å². The zero-order chi connectivity index (χ0) is 71.5. The third-order valence-electron chi connectivity index (χ3n) is 15.9. The fourth-order valence-corrected chi connectivity index (χ4v) is 13.1. The lowest BCUT2D eigenvalue weighted by atomic mass is 9.96. The maximum atomic E-state index is 15.4. The first-order valence-corrected chi connectivity index (χ1v) is 33.7. The second-order valence-corrected chi connectivity index (χ2v) is 28.0. The first-order valence-electron chi connectivity index (χ1n) is 31.6. The number of phenolic OH excluding ortho intramolecular Hbond substituents is 1. The molecule has 11 amide bonds. The summed E-state index contributed by atoms with van der Waals surface area (Å²) in [5.41, 5.74) is 47.1. The summed E-state index contributed by atoms with van der Waals surface area (Å²) in [6.07, 6.45) is 0.748. The van der Waals surface area contributed by atoms with Gasteiger partial charge in [-0.1, -0.05) is 84.3 Å². The maximum Gasteiger partial charge on any atom is 0.245 e. The Balaban J connectivity index is 1.83. The summed E-state index contributed by atoms with van der Waals surface area (Å²) in [5, 5.41) is 33.7. The minimum atomic E-state index is -1.67. The summed E-state index contributed by atoms with van der Waals surface area (Å²) in [6.45, 7) is 8.66. The summed E-state index contributed by atoms with van der Waals surface area (Å²) in [4.78, 5) is 171. The maximum absolute atomic E-state index is 15.4. The molecule has 26 N–H and O–H groups in total. The van der Waals surface area contributed by atoms with Crippen molar-refractivity contribution in [3.8, 4) is 5.75 Å². The number of rotatable bonds is 27. The lowest BCUT2D eigenvalue weighted by Gasteiger charge is -2.39. The van der Waals surface area contributed by atoms with E-state index in [9.17, 15) is 48.3 Å². The number of carbonyl (C=O) groups excluding carboxylic acids is 11. The largest absolute Gasteiger partial charge is 0.508 e. The average molecular weight is 1380 g/mol. The van der Waals surface area contributed by atoms with Crippen molar-refractivity contribution < 1.29 is 57.8 Å². The number of aromatic hydroxyl groups is 1. The minimum Gasteiger partial charge on any atom is -0.508 e. The molecule has 96 heavy (non-hydrogen) atoms. The number of guanidine groups is 3. The zero-order valence-electron chi connectivity index (χ0n) is 55.2. The van der Waals surface area contributed by atoms with Gasteiger partial charge in [-0.3, -0.25) is 67.7 Å². The Hall–Kier alpha value is -9.12. The molecule has 0 spiro atoms. The highest BCUT2D eigenvalue weighted by molar-refractivity contribution is 8.77. The van der Waals surface area contributed by atoms with Crippen molar-refractivity contribution in [2.24, 2.45) is 66.8 Å². The molecule has 0 saturated carbocycles. The van der Waals surface area contributed by atoms with E-state index >= 15 is 9.59 Å². The van der Waals surface area contributed by atoms with Crippen LogP contribution >= 0.6 is 21.6 Å². The molecule has 4 rings (SSSR count). The molecule has 2 aromatic rings. The van der Waals surface area contributed by atoms with Crippen LogP contribution in [0.2, 0.25) is 0 Å². The van der Waals surface area contributed by atoms with E-state index in [1.165, 1.54) is 17.0 Å². The van der Waals surface area contributed by atoms with Gasteiger partial charge in [-0.2, -0.15) is 0 Å². The van der Waals surface area contributed by atoms with E-state index in [0.717, 1.165) is 21.6 Å². The molecule has 35 heteroatoms. The molecule has 530 valence electrons. The molecule has 0 aromatic heterocycles. The van der Waals surface area contributed by atoms with Crippen LogP contribution in [0, 0.1) is 5.92 Å². The summed E-state index contributed by atoms with van der Waals surface area (Å²) in [6, 6.07) is 2.09. The van der Waals surface area contributed by atoms with Crippen molar-refractivity contribution in [2.45, 2.75) is 176 Å². The number of amides is 11. The number of hydrogen-bond acceptors (Lipinski definition) is 18. The molecule has 10 atom stereocenters. The molecule has 0 unspecified atom stereocenters. The molecule has 2 aliphatic rings. The van der Waals surface area contributed by atoms with Gasteiger partial charge in [0.1, 0.15) is 54.1 Å². The van der Waals surface area contributed by atoms with Gasteiger partial charge in [0.15, 0.2) is 17.9 Å². The summed E-state index contributed by atoms with van der Waals surface area (Å²) >= 11 is 0. The molecule has 2 fully saturated rings. The Bertz CT molecular complexity index is 3110. The van der Waals surface area contributed by atoms with Gasteiger partial charge in [0.05, 0.1) is 19.1 Å². The van der Waals surface area contributed by atoms with Crippen LogP contribution in [0.4, 0.5) is 0 Å². The highest BCUT2D eigenvalue weighted by atomic mass is 33.1. The van der Waals surface area contributed by atoms with E-state index in [1.807, 2.05) is 0 Å². The number of hydrogen-bond donors (Lipinski definition) is 18. The zero-order valence-corrected chi connectivity index (χ0v) is 56.8. The van der Waals surface area contributed by atoms with E-state index in [1.54, 1.807) is 84.0 Å². The van der Waals surface area contributed by atoms with E-state index < -0.39 is 148 Å². The van der Waals surface area contributed by atoms with Gasteiger partial charge in [-0.15, -0.1) is 0 Å². The van der Waals surface area contributed by atoms with E-state index in [0.29, 0.717) is 24.0 Å². The van der Waals surface area contributed by atoms with Crippen LogP contribution in [-0.2, 0) is 65.6 Å². The van der Waals surface area contributed by atoms with Crippen molar-refractivity contribution >= 4 is 104 Å². The number of phenols is 1. The monoisotopic (exact) mass is 1380 g/mol. The third kappa shape index (κ3) is 26.2. The minimum absolute atomic E-state index is 0.00158. The van der Waals surface area contributed by atoms with Crippen molar-refractivity contribution in [1.29, 1.82) is 0 Å². The molecule has 2 aliphatic heterocycles. The van der Waals surface area contributed by atoms with E-state index in [4.69, 9.17) is 45.9 Å². The van der Waals surface area contributed by atoms with E-state index in [2.05, 4.69) is 62.8 Å². The normalized spacial score (nSPS) is 22.0. The Morgan fingerprint density at radius 3 is 1.69 bits per heavy atom. The number of nitrogens with one attached hydrogen (secondary N) is 9. The molecular formula is C61H97N21O12S2. The van der Waals surface area contributed by atoms with E-state index in [-0.39, 0.29) is 108 Å². The first kappa shape index (κ1) is 79.3. The fourth-order valence-electron chi connectivity index (χ4n) is 10.3. The van der Waals surface area contributed by atoms with Crippen molar-refractivity contribution in [1.82, 2.24) is 52.8 Å². The summed E-state index contributed by atoms with van der Waals surface area (Å²) < 4.78 is -2.86. The van der Waals surface area contributed by atoms with Gasteiger partial charge in [-0.05, 0) is 115 Å². The second kappa shape index (κ2) is 38.4. The number of primary amides is 1. The Kier molecular flexibility index (Phi) is 31.8. The van der Waals surface area contributed by atoms with Crippen LogP contribution in [0.25, 0.3) is 0 Å². The van der Waals surface area contributed by atoms with Crippen LogP contribution in [0.3, 0.4) is 0 Å². The molecule has 0 aliphatic carbocycles. The standard InChI is InChI=1S/C61H97N21O12S2/c1-7-33(2)45-54(92)78-40(19-13-27-72-59(68)69)56(94)82-28-14-20-42(82)53(91)80-46(48(63)86)60(3,4)95-96-61(5,6)47(55(93)77-38(17-11-25-70-57(64)65)50(88)76-39(51(89)79-45)18-12-26-71-58(66)67)81-52(90)41(30-34-15-9-8-10-16-34)75-44(85)32-73-43(84)31-74-49(87)37(62)29-35-21-23-36(83)24-22-35/h8-10,15-16,21-24,33,37-42,45-47,83H,7,11-14,17-20,25-32,62H2,1-6H3,(H2,63,86)(H,73,84)(H,74,87)(H,75,85)(H,76,88)(H,77,93)(H,78,92)(H,79,89)(H,80,91)(H,81,90)(H4,64,65,70)(H4,66,67,71)(H4,68,69,72)/t33-,37-,38-,39-,40-,41-,42-,45-,46+,47-/m0/s1. The van der Waals surface area contributed by atoms with Crippen molar-refractivity contribution in [3.63, 3.8) is 0 Å². The van der Waals surface area contributed by atoms with Crippen molar-refractivity contribution in [3.05, 3.63) is 65.7 Å².